The summed E-state index contributed by atoms with van der Waals surface area (Å²) in [5.41, 5.74) is 0. The largest absolute Gasteiger partial charge is 0.481 e. The van der Waals surface area contributed by atoms with Crippen molar-refractivity contribution in [3.63, 3.8) is 0 Å². The Hall–Kier alpha value is -0.710. The van der Waals surface area contributed by atoms with Crippen LogP contribution in [0.3, 0.4) is 0 Å². The molecule has 2 N–H and O–H groups in total. The molecular weight excluding hydrogens is 190 g/mol. The summed E-state index contributed by atoms with van der Waals surface area (Å²) >= 11 is 1.59. The summed E-state index contributed by atoms with van der Waals surface area (Å²) in [6.07, 6.45) is 2.35. The highest BCUT2D eigenvalue weighted by Gasteiger charge is 2.09. The van der Waals surface area contributed by atoms with Gasteiger partial charge in [0.05, 0.1) is 6.42 Å². The standard InChI is InChI=1S/C8H15NO3S/c1-6(5-8(11)12)9-7(10)3-4-13-2/h6H,3-5H2,1-2H3,(H,9,10)(H,11,12). The lowest BCUT2D eigenvalue weighted by atomic mass is 10.2. The molecule has 1 amide bonds. The van der Waals surface area contributed by atoms with Gasteiger partial charge in [-0.05, 0) is 13.2 Å². The van der Waals surface area contributed by atoms with Gasteiger partial charge in [-0.2, -0.15) is 11.8 Å². The highest BCUT2D eigenvalue weighted by atomic mass is 32.2. The van der Waals surface area contributed by atoms with Crippen LogP contribution < -0.4 is 5.32 Å². The van der Waals surface area contributed by atoms with Gasteiger partial charge in [0.2, 0.25) is 5.91 Å². The van der Waals surface area contributed by atoms with Gasteiger partial charge in [-0.1, -0.05) is 0 Å². The monoisotopic (exact) mass is 205 g/mol. The van der Waals surface area contributed by atoms with Crippen molar-refractivity contribution >= 4 is 23.6 Å². The van der Waals surface area contributed by atoms with Gasteiger partial charge < -0.3 is 10.4 Å². The molecule has 0 bridgehead atoms. The lowest BCUT2D eigenvalue weighted by Crippen LogP contribution is -2.34. The third-order valence-corrected chi connectivity index (χ3v) is 2.03. The minimum absolute atomic E-state index is 0.0228. The number of aliphatic carboxylic acids is 1. The minimum atomic E-state index is -0.891. The number of thioether (sulfide) groups is 1. The second-order valence-electron chi connectivity index (χ2n) is 2.81. The maximum atomic E-state index is 11.1. The molecule has 1 atom stereocenters. The van der Waals surface area contributed by atoms with Gasteiger partial charge in [0.15, 0.2) is 0 Å². The van der Waals surface area contributed by atoms with Crippen molar-refractivity contribution in [3.05, 3.63) is 0 Å². The predicted molar refractivity (Wildman–Crippen MR) is 52.9 cm³/mol. The summed E-state index contributed by atoms with van der Waals surface area (Å²) in [6.45, 7) is 1.69. The van der Waals surface area contributed by atoms with Gasteiger partial charge >= 0.3 is 5.97 Å². The van der Waals surface area contributed by atoms with Gasteiger partial charge in [0, 0.05) is 18.2 Å². The van der Waals surface area contributed by atoms with E-state index < -0.39 is 5.97 Å². The van der Waals surface area contributed by atoms with Crippen LogP contribution in [0.5, 0.6) is 0 Å². The third kappa shape index (κ3) is 7.64. The number of carbonyl (C=O) groups is 2. The summed E-state index contributed by atoms with van der Waals surface area (Å²) in [4.78, 5) is 21.3. The molecule has 0 aliphatic rings. The molecule has 0 saturated heterocycles. The van der Waals surface area contributed by atoms with E-state index in [4.69, 9.17) is 5.11 Å². The van der Waals surface area contributed by atoms with Gasteiger partial charge in [0.25, 0.3) is 0 Å². The quantitative estimate of drug-likeness (QED) is 0.670. The van der Waals surface area contributed by atoms with E-state index in [0.29, 0.717) is 6.42 Å². The molecule has 76 valence electrons. The van der Waals surface area contributed by atoms with Crippen LogP contribution in [0.15, 0.2) is 0 Å². The smallest absolute Gasteiger partial charge is 0.305 e. The molecule has 13 heavy (non-hydrogen) atoms. The number of carboxylic acids is 1. The molecule has 0 aromatic carbocycles. The van der Waals surface area contributed by atoms with Gasteiger partial charge in [-0.15, -0.1) is 0 Å². The number of rotatable bonds is 6. The van der Waals surface area contributed by atoms with Crippen molar-refractivity contribution in [2.75, 3.05) is 12.0 Å². The molecular formula is C8H15NO3S. The molecule has 0 rings (SSSR count). The normalized spacial score (nSPS) is 12.2. The Morgan fingerprint density at radius 2 is 2.15 bits per heavy atom. The van der Waals surface area contributed by atoms with Crippen LogP contribution in [0.4, 0.5) is 0 Å². The van der Waals surface area contributed by atoms with Crippen molar-refractivity contribution < 1.29 is 14.7 Å². The Balaban J connectivity index is 3.59. The van der Waals surface area contributed by atoms with Crippen LogP contribution in [0.2, 0.25) is 0 Å². The van der Waals surface area contributed by atoms with Crippen molar-refractivity contribution in [3.8, 4) is 0 Å². The van der Waals surface area contributed by atoms with Gasteiger partial charge in [-0.25, -0.2) is 0 Å². The molecule has 0 aliphatic carbocycles. The molecule has 0 heterocycles. The van der Waals surface area contributed by atoms with Crippen LogP contribution >= 0.6 is 11.8 Å². The third-order valence-electron chi connectivity index (χ3n) is 1.42. The molecule has 0 aromatic rings. The fraction of sp³-hybridized carbons (Fsp3) is 0.750. The molecule has 0 aliphatic heterocycles. The van der Waals surface area contributed by atoms with E-state index in [2.05, 4.69) is 5.32 Å². The second kappa shape index (κ2) is 6.77. The lowest BCUT2D eigenvalue weighted by molar-refractivity contribution is -0.137. The summed E-state index contributed by atoms with van der Waals surface area (Å²) in [5, 5.41) is 11.0. The Morgan fingerprint density at radius 1 is 1.54 bits per heavy atom. The zero-order valence-corrected chi connectivity index (χ0v) is 8.69. The van der Waals surface area contributed by atoms with Crippen molar-refractivity contribution in [2.24, 2.45) is 0 Å². The fourth-order valence-corrected chi connectivity index (χ4v) is 1.24. The zero-order valence-electron chi connectivity index (χ0n) is 7.87. The number of hydrogen-bond donors (Lipinski definition) is 2. The number of amides is 1. The van der Waals surface area contributed by atoms with E-state index in [1.807, 2.05) is 6.26 Å². The minimum Gasteiger partial charge on any atom is -0.481 e. The molecule has 0 saturated carbocycles. The summed E-state index contributed by atoms with van der Waals surface area (Å²) in [7, 11) is 0. The Morgan fingerprint density at radius 3 is 2.62 bits per heavy atom. The van der Waals surface area contributed by atoms with Gasteiger partial charge in [-0.3, -0.25) is 9.59 Å². The summed E-state index contributed by atoms with van der Waals surface area (Å²) in [6, 6.07) is -0.285. The molecule has 0 spiro atoms. The SMILES string of the molecule is CSCCC(=O)NC(C)CC(=O)O. The fourth-order valence-electron chi connectivity index (χ4n) is 0.855. The van der Waals surface area contributed by atoms with Crippen molar-refractivity contribution in [2.45, 2.75) is 25.8 Å². The number of carbonyl (C=O) groups excluding carboxylic acids is 1. The van der Waals surface area contributed by atoms with Crippen LogP contribution in [0.1, 0.15) is 19.8 Å². The molecule has 5 heteroatoms. The summed E-state index contributed by atoms with van der Waals surface area (Å²) in [5.74, 6) is -0.202. The van der Waals surface area contributed by atoms with E-state index in [1.54, 1.807) is 18.7 Å². The van der Waals surface area contributed by atoms with Crippen molar-refractivity contribution in [1.82, 2.24) is 5.32 Å². The molecule has 4 nitrogen and oxygen atoms in total. The maximum absolute atomic E-state index is 11.1. The Labute approximate surface area is 82.1 Å². The molecule has 0 radical (unpaired) electrons. The first-order valence-electron chi connectivity index (χ1n) is 4.06. The summed E-state index contributed by atoms with van der Waals surface area (Å²) < 4.78 is 0. The number of hydrogen-bond acceptors (Lipinski definition) is 3. The predicted octanol–water partition coefficient (Wildman–Crippen LogP) is 0.719. The Kier molecular flexibility index (Phi) is 6.40. The number of nitrogens with one attached hydrogen (secondary N) is 1. The molecule has 1 unspecified atom stereocenters. The van der Waals surface area contributed by atoms with Crippen LogP contribution in [-0.2, 0) is 9.59 Å². The van der Waals surface area contributed by atoms with Gasteiger partial charge in [0.1, 0.15) is 0 Å². The van der Waals surface area contributed by atoms with Crippen molar-refractivity contribution in [1.29, 1.82) is 0 Å². The highest BCUT2D eigenvalue weighted by Crippen LogP contribution is 1.97. The molecule has 0 fully saturated rings. The second-order valence-corrected chi connectivity index (χ2v) is 3.79. The number of carboxylic acid groups (broad SMARTS) is 1. The average molecular weight is 205 g/mol. The van der Waals surface area contributed by atoms with E-state index in [-0.39, 0.29) is 18.4 Å². The van der Waals surface area contributed by atoms with E-state index in [1.165, 1.54) is 0 Å². The topological polar surface area (TPSA) is 66.4 Å². The van der Waals surface area contributed by atoms with E-state index in [9.17, 15) is 9.59 Å². The Bertz CT molecular complexity index is 184. The van der Waals surface area contributed by atoms with Crippen LogP contribution in [-0.4, -0.2) is 35.0 Å². The maximum Gasteiger partial charge on any atom is 0.305 e. The highest BCUT2D eigenvalue weighted by molar-refractivity contribution is 7.98. The van der Waals surface area contributed by atoms with Crippen LogP contribution in [0.25, 0.3) is 0 Å². The lowest BCUT2D eigenvalue weighted by Gasteiger charge is -2.10. The molecule has 0 aromatic heterocycles. The first-order valence-corrected chi connectivity index (χ1v) is 5.45. The average Bonchev–Trinajstić information content (AvgIpc) is 1.98. The first kappa shape index (κ1) is 12.3. The zero-order chi connectivity index (χ0) is 10.3. The van der Waals surface area contributed by atoms with Crippen LogP contribution in [0, 0.1) is 0 Å². The first-order chi connectivity index (χ1) is 6.06. The van der Waals surface area contributed by atoms with E-state index >= 15 is 0 Å². The van der Waals surface area contributed by atoms with E-state index in [0.717, 1.165) is 5.75 Å².